The van der Waals surface area contributed by atoms with Crippen molar-refractivity contribution in [2.75, 3.05) is 6.54 Å². The van der Waals surface area contributed by atoms with Gasteiger partial charge in [-0.15, -0.1) is 11.3 Å². The number of aromatic nitrogens is 1. The minimum atomic E-state index is -0.761. The molecule has 2 atom stereocenters. The molecule has 1 N–H and O–H groups in total. The Kier molecular flexibility index (Phi) is 4.46. The molecule has 3 heterocycles. The summed E-state index contributed by atoms with van der Waals surface area (Å²) in [6.07, 6.45) is 3.36. The standard InChI is InChI=1S/C19H17ClN2O2S/c20-17-8-7-16(25-17)18(22-11-3-6-15(22)19(23)24)13-9-10-21-14-5-2-1-4-12(13)14/h1-2,4-5,7-10,15,18H,3,6,11H2,(H,23,24). The minimum Gasteiger partial charge on any atom is -0.480 e. The van der Waals surface area contributed by atoms with Gasteiger partial charge < -0.3 is 5.11 Å². The van der Waals surface area contributed by atoms with Crippen molar-refractivity contribution >= 4 is 39.8 Å². The van der Waals surface area contributed by atoms with E-state index in [4.69, 9.17) is 11.6 Å². The number of carboxylic acid groups (broad SMARTS) is 1. The van der Waals surface area contributed by atoms with Crippen LogP contribution < -0.4 is 0 Å². The van der Waals surface area contributed by atoms with E-state index in [2.05, 4.69) is 9.88 Å². The van der Waals surface area contributed by atoms with Gasteiger partial charge in [0.15, 0.2) is 0 Å². The van der Waals surface area contributed by atoms with Crippen molar-refractivity contribution in [3.8, 4) is 0 Å². The molecule has 1 fully saturated rings. The number of fused-ring (bicyclic) bond motifs is 1. The highest BCUT2D eigenvalue weighted by molar-refractivity contribution is 7.16. The second-order valence-electron chi connectivity index (χ2n) is 6.20. The summed E-state index contributed by atoms with van der Waals surface area (Å²) in [7, 11) is 0. The van der Waals surface area contributed by atoms with Gasteiger partial charge in [-0.25, -0.2) is 0 Å². The summed E-state index contributed by atoms with van der Waals surface area (Å²) in [6.45, 7) is 0.758. The molecule has 0 spiro atoms. The molecule has 4 rings (SSSR count). The van der Waals surface area contributed by atoms with Gasteiger partial charge in [0.25, 0.3) is 0 Å². The van der Waals surface area contributed by atoms with Crippen LogP contribution in [0.4, 0.5) is 0 Å². The van der Waals surface area contributed by atoms with Crippen LogP contribution in [0.5, 0.6) is 0 Å². The van der Waals surface area contributed by atoms with Crippen LogP contribution in [0.25, 0.3) is 10.9 Å². The smallest absolute Gasteiger partial charge is 0.320 e. The number of pyridine rings is 1. The van der Waals surface area contributed by atoms with Gasteiger partial charge in [-0.05, 0) is 42.7 Å². The summed E-state index contributed by atoms with van der Waals surface area (Å²) >= 11 is 7.70. The Morgan fingerprint density at radius 3 is 2.88 bits per heavy atom. The molecule has 1 aliphatic heterocycles. The summed E-state index contributed by atoms with van der Waals surface area (Å²) in [5, 5.41) is 10.7. The third-order valence-corrected chi connectivity index (χ3v) is 6.04. The van der Waals surface area contributed by atoms with Crippen LogP contribution in [0.1, 0.15) is 29.3 Å². The highest BCUT2D eigenvalue weighted by atomic mass is 35.5. The number of rotatable bonds is 4. The molecule has 25 heavy (non-hydrogen) atoms. The van der Waals surface area contributed by atoms with Gasteiger partial charge in [0.2, 0.25) is 0 Å². The molecule has 1 aliphatic rings. The fourth-order valence-corrected chi connectivity index (χ4v) is 4.89. The number of para-hydroxylation sites is 1. The highest BCUT2D eigenvalue weighted by Gasteiger charge is 2.38. The Balaban J connectivity index is 1.90. The predicted molar refractivity (Wildman–Crippen MR) is 100 cm³/mol. The van der Waals surface area contributed by atoms with Crippen LogP contribution in [-0.4, -0.2) is 33.5 Å². The van der Waals surface area contributed by atoms with Crippen molar-refractivity contribution in [2.24, 2.45) is 0 Å². The first-order chi connectivity index (χ1) is 12.1. The fourth-order valence-electron chi connectivity index (χ4n) is 3.69. The van der Waals surface area contributed by atoms with E-state index in [1.165, 1.54) is 11.3 Å². The molecule has 0 amide bonds. The van der Waals surface area contributed by atoms with Crippen molar-refractivity contribution < 1.29 is 9.90 Å². The average molecular weight is 373 g/mol. The number of halogens is 1. The monoisotopic (exact) mass is 372 g/mol. The van der Waals surface area contributed by atoms with Gasteiger partial charge in [-0.2, -0.15) is 0 Å². The van der Waals surface area contributed by atoms with Gasteiger partial charge in [0.1, 0.15) is 6.04 Å². The summed E-state index contributed by atoms with van der Waals surface area (Å²) in [6, 6.07) is 13.3. The number of benzene rings is 1. The Labute approximate surface area is 154 Å². The molecule has 6 heteroatoms. The Morgan fingerprint density at radius 2 is 2.12 bits per heavy atom. The van der Waals surface area contributed by atoms with E-state index in [1.54, 1.807) is 6.20 Å². The molecule has 3 aromatic rings. The molecule has 0 aliphatic carbocycles. The van der Waals surface area contributed by atoms with Crippen LogP contribution in [0.3, 0.4) is 0 Å². The summed E-state index contributed by atoms with van der Waals surface area (Å²) in [5.41, 5.74) is 2.00. The normalized spacial score (nSPS) is 19.3. The van der Waals surface area contributed by atoms with Crippen LogP contribution >= 0.6 is 22.9 Å². The number of carbonyl (C=O) groups is 1. The Morgan fingerprint density at radius 1 is 1.28 bits per heavy atom. The van der Waals surface area contributed by atoms with E-state index in [0.29, 0.717) is 10.8 Å². The van der Waals surface area contributed by atoms with Crippen molar-refractivity contribution in [3.63, 3.8) is 0 Å². The third kappa shape index (κ3) is 3.03. The quantitative estimate of drug-likeness (QED) is 0.727. The van der Waals surface area contributed by atoms with E-state index in [1.807, 2.05) is 42.5 Å². The van der Waals surface area contributed by atoms with Gasteiger partial charge in [-0.1, -0.05) is 29.8 Å². The first-order valence-corrected chi connectivity index (χ1v) is 9.42. The zero-order valence-corrected chi connectivity index (χ0v) is 15.0. The van der Waals surface area contributed by atoms with Gasteiger partial charge in [0, 0.05) is 23.0 Å². The average Bonchev–Trinajstić information content (AvgIpc) is 3.25. The van der Waals surface area contributed by atoms with E-state index in [9.17, 15) is 9.90 Å². The van der Waals surface area contributed by atoms with Gasteiger partial charge >= 0.3 is 5.97 Å². The topological polar surface area (TPSA) is 53.4 Å². The Bertz CT molecular complexity index is 921. The zero-order valence-electron chi connectivity index (χ0n) is 13.4. The molecular formula is C19H17ClN2O2S. The Hall–Kier alpha value is -1.95. The zero-order chi connectivity index (χ0) is 17.4. The van der Waals surface area contributed by atoms with Crippen LogP contribution in [0.2, 0.25) is 4.34 Å². The van der Waals surface area contributed by atoms with Crippen LogP contribution in [0.15, 0.2) is 48.7 Å². The largest absolute Gasteiger partial charge is 0.480 e. The molecule has 1 aromatic carbocycles. The van der Waals surface area contributed by atoms with Crippen molar-refractivity contribution in [1.29, 1.82) is 0 Å². The molecule has 0 radical (unpaired) electrons. The van der Waals surface area contributed by atoms with E-state index >= 15 is 0 Å². The maximum Gasteiger partial charge on any atom is 0.320 e. The number of hydrogen-bond acceptors (Lipinski definition) is 4. The van der Waals surface area contributed by atoms with E-state index < -0.39 is 12.0 Å². The number of nitrogens with zero attached hydrogens (tertiary/aromatic N) is 2. The molecule has 2 aromatic heterocycles. The van der Waals surface area contributed by atoms with Gasteiger partial charge in [0.05, 0.1) is 15.9 Å². The second kappa shape index (κ2) is 6.75. The summed E-state index contributed by atoms with van der Waals surface area (Å²) in [5.74, 6) is -0.761. The second-order valence-corrected chi connectivity index (χ2v) is 7.94. The lowest BCUT2D eigenvalue weighted by atomic mass is 9.98. The van der Waals surface area contributed by atoms with Crippen LogP contribution in [-0.2, 0) is 4.79 Å². The first-order valence-electron chi connectivity index (χ1n) is 8.22. The van der Waals surface area contributed by atoms with Crippen molar-refractivity contribution in [3.05, 3.63) is 63.4 Å². The molecular weight excluding hydrogens is 356 g/mol. The molecule has 2 unspecified atom stereocenters. The molecule has 0 bridgehead atoms. The number of thiophene rings is 1. The molecule has 4 nitrogen and oxygen atoms in total. The molecule has 128 valence electrons. The van der Waals surface area contributed by atoms with Crippen molar-refractivity contribution in [2.45, 2.75) is 24.9 Å². The maximum atomic E-state index is 11.8. The molecule has 1 saturated heterocycles. The summed E-state index contributed by atoms with van der Waals surface area (Å²) < 4.78 is 0.712. The minimum absolute atomic E-state index is 0.131. The van der Waals surface area contributed by atoms with Gasteiger partial charge in [-0.3, -0.25) is 14.7 Å². The third-order valence-electron chi connectivity index (χ3n) is 4.75. The molecule has 0 saturated carbocycles. The van der Waals surface area contributed by atoms with E-state index in [0.717, 1.165) is 34.3 Å². The number of likely N-dealkylation sites (tertiary alicyclic amines) is 1. The van der Waals surface area contributed by atoms with E-state index in [-0.39, 0.29) is 6.04 Å². The lowest BCUT2D eigenvalue weighted by molar-refractivity contribution is -0.142. The predicted octanol–water partition coefficient (Wildman–Crippen LogP) is 4.59. The number of hydrogen-bond donors (Lipinski definition) is 1. The fraction of sp³-hybridized carbons (Fsp3) is 0.263. The summed E-state index contributed by atoms with van der Waals surface area (Å²) in [4.78, 5) is 19.4. The SMILES string of the molecule is O=C(O)C1CCCN1C(c1ccc(Cl)s1)c1ccnc2ccccc12. The number of carboxylic acids is 1. The lowest BCUT2D eigenvalue weighted by Crippen LogP contribution is -2.39. The van der Waals surface area contributed by atoms with Crippen molar-refractivity contribution in [1.82, 2.24) is 9.88 Å². The first kappa shape index (κ1) is 16.5. The number of aliphatic carboxylic acids is 1. The van der Waals surface area contributed by atoms with Crippen LogP contribution in [0, 0.1) is 0 Å². The highest BCUT2D eigenvalue weighted by Crippen LogP contribution is 2.41. The lowest BCUT2D eigenvalue weighted by Gasteiger charge is -2.31. The maximum absolute atomic E-state index is 11.8.